The van der Waals surface area contributed by atoms with Crippen molar-refractivity contribution in [2.75, 3.05) is 25.0 Å². The third-order valence-corrected chi connectivity index (χ3v) is 6.67. The lowest BCUT2D eigenvalue weighted by Crippen LogP contribution is -2.35. The number of ether oxygens (including phenoxy) is 1. The number of carbonyl (C=O) groups excluding carboxylic acids is 2. The Labute approximate surface area is 175 Å². The van der Waals surface area contributed by atoms with Crippen LogP contribution < -0.4 is 5.32 Å². The molecule has 2 aromatic carbocycles. The molecule has 2 N–H and O–H groups in total. The first-order valence-corrected chi connectivity index (χ1v) is 11.1. The lowest BCUT2D eigenvalue weighted by atomic mass is 10.1. The summed E-state index contributed by atoms with van der Waals surface area (Å²) in [6.07, 6.45) is 2.68. The van der Waals surface area contributed by atoms with Gasteiger partial charge in [0.05, 0.1) is 4.90 Å². The Balaban J connectivity index is 1.61. The number of sulfonamides is 1. The molecule has 1 saturated heterocycles. The smallest absolute Gasteiger partial charge is 0.342 e. The van der Waals surface area contributed by atoms with Gasteiger partial charge in [0.1, 0.15) is 11.3 Å². The molecular formula is C21H24N2O6S. The van der Waals surface area contributed by atoms with Crippen molar-refractivity contribution in [3.05, 3.63) is 53.6 Å². The van der Waals surface area contributed by atoms with E-state index < -0.39 is 28.5 Å². The van der Waals surface area contributed by atoms with E-state index in [1.165, 1.54) is 28.6 Å². The number of hydrogen-bond donors (Lipinski definition) is 2. The average Bonchev–Trinajstić information content (AvgIpc) is 2.73. The van der Waals surface area contributed by atoms with Gasteiger partial charge in [-0.3, -0.25) is 4.79 Å². The summed E-state index contributed by atoms with van der Waals surface area (Å²) in [5.74, 6) is -1.68. The Morgan fingerprint density at radius 2 is 1.83 bits per heavy atom. The van der Waals surface area contributed by atoms with E-state index in [-0.39, 0.29) is 21.9 Å². The van der Waals surface area contributed by atoms with Crippen molar-refractivity contribution in [1.29, 1.82) is 0 Å². The highest BCUT2D eigenvalue weighted by molar-refractivity contribution is 7.89. The maximum absolute atomic E-state index is 12.8. The SMILES string of the molecule is Cc1ccc(C(=O)OCC(=O)Nc2cccc(S(=O)(=O)N3CCCCC3)c2)c(O)c1. The molecule has 1 aliphatic heterocycles. The largest absolute Gasteiger partial charge is 0.507 e. The van der Waals surface area contributed by atoms with E-state index in [1.807, 2.05) is 0 Å². The molecule has 160 valence electrons. The van der Waals surface area contributed by atoms with Gasteiger partial charge in [-0.2, -0.15) is 4.31 Å². The number of esters is 1. The number of aryl methyl sites for hydroxylation is 1. The number of hydrogen-bond acceptors (Lipinski definition) is 6. The Morgan fingerprint density at radius 1 is 1.10 bits per heavy atom. The van der Waals surface area contributed by atoms with Gasteiger partial charge < -0.3 is 15.2 Å². The molecule has 9 heteroatoms. The summed E-state index contributed by atoms with van der Waals surface area (Å²) < 4.78 is 31.9. The summed E-state index contributed by atoms with van der Waals surface area (Å²) in [5, 5.41) is 12.3. The Kier molecular flexibility index (Phi) is 6.73. The molecule has 0 aromatic heterocycles. The third-order valence-electron chi connectivity index (χ3n) is 4.78. The van der Waals surface area contributed by atoms with Crippen LogP contribution in [-0.4, -0.2) is 49.4 Å². The molecule has 30 heavy (non-hydrogen) atoms. The van der Waals surface area contributed by atoms with Crippen LogP contribution >= 0.6 is 0 Å². The Bertz CT molecular complexity index is 1050. The molecule has 1 fully saturated rings. The first-order chi connectivity index (χ1) is 14.3. The molecule has 0 atom stereocenters. The second kappa shape index (κ2) is 9.27. The molecule has 2 aromatic rings. The molecule has 0 unspecified atom stereocenters. The zero-order chi connectivity index (χ0) is 21.7. The van der Waals surface area contributed by atoms with E-state index in [9.17, 15) is 23.1 Å². The number of benzene rings is 2. The topological polar surface area (TPSA) is 113 Å². The van der Waals surface area contributed by atoms with Gasteiger partial charge in [-0.25, -0.2) is 13.2 Å². The lowest BCUT2D eigenvalue weighted by Gasteiger charge is -2.26. The zero-order valence-electron chi connectivity index (χ0n) is 16.6. The van der Waals surface area contributed by atoms with Crippen LogP contribution in [0.4, 0.5) is 5.69 Å². The molecular weight excluding hydrogens is 408 g/mol. The van der Waals surface area contributed by atoms with Crippen LogP contribution in [0.2, 0.25) is 0 Å². The molecule has 0 spiro atoms. The van der Waals surface area contributed by atoms with Gasteiger partial charge in [-0.05, 0) is 55.7 Å². The van der Waals surface area contributed by atoms with Crippen molar-refractivity contribution in [2.45, 2.75) is 31.1 Å². The van der Waals surface area contributed by atoms with Gasteiger partial charge in [0.25, 0.3) is 5.91 Å². The van der Waals surface area contributed by atoms with Crippen LogP contribution in [-0.2, 0) is 19.6 Å². The number of aromatic hydroxyl groups is 1. The maximum Gasteiger partial charge on any atom is 0.342 e. The minimum absolute atomic E-state index is 0.0389. The van der Waals surface area contributed by atoms with Crippen molar-refractivity contribution in [3.63, 3.8) is 0 Å². The normalized spacial score (nSPS) is 14.8. The summed E-state index contributed by atoms with van der Waals surface area (Å²) in [4.78, 5) is 24.3. The monoisotopic (exact) mass is 432 g/mol. The van der Waals surface area contributed by atoms with Crippen LogP contribution in [0.15, 0.2) is 47.4 Å². The van der Waals surface area contributed by atoms with Crippen molar-refractivity contribution >= 4 is 27.6 Å². The van der Waals surface area contributed by atoms with E-state index in [4.69, 9.17) is 4.74 Å². The molecule has 3 rings (SSSR count). The second-order valence-electron chi connectivity index (χ2n) is 7.14. The first-order valence-electron chi connectivity index (χ1n) is 9.64. The van der Waals surface area contributed by atoms with Gasteiger partial charge >= 0.3 is 5.97 Å². The lowest BCUT2D eigenvalue weighted by molar-refractivity contribution is -0.119. The number of phenolic OH excluding ortho intramolecular Hbond substituents is 1. The summed E-state index contributed by atoms with van der Waals surface area (Å²) in [6.45, 7) is 2.17. The number of nitrogens with one attached hydrogen (secondary N) is 1. The van der Waals surface area contributed by atoms with E-state index in [0.29, 0.717) is 13.1 Å². The second-order valence-corrected chi connectivity index (χ2v) is 9.08. The molecule has 1 heterocycles. The summed E-state index contributed by atoms with van der Waals surface area (Å²) in [5.41, 5.74) is 1.02. The van der Waals surface area contributed by atoms with Crippen LogP contribution in [0.1, 0.15) is 35.2 Å². The highest BCUT2D eigenvalue weighted by atomic mass is 32.2. The van der Waals surface area contributed by atoms with Crippen LogP contribution in [0.25, 0.3) is 0 Å². The van der Waals surface area contributed by atoms with E-state index in [2.05, 4.69) is 5.32 Å². The highest BCUT2D eigenvalue weighted by Crippen LogP contribution is 2.23. The molecule has 0 bridgehead atoms. The van der Waals surface area contributed by atoms with Crippen molar-refractivity contribution < 1.29 is 27.9 Å². The van der Waals surface area contributed by atoms with Crippen LogP contribution in [0.5, 0.6) is 5.75 Å². The van der Waals surface area contributed by atoms with Gasteiger partial charge in [0.15, 0.2) is 6.61 Å². The number of rotatable bonds is 6. The Morgan fingerprint density at radius 3 is 2.53 bits per heavy atom. The summed E-state index contributed by atoms with van der Waals surface area (Å²) in [7, 11) is -3.62. The predicted octanol–water partition coefficient (Wildman–Crippen LogP) is 2.67. The molecule has 1 amide bonds. The first kappa shape index (κ1) is 21.8. The van der Waals surface area contributed by atoms with E-state index in [1.54, 1.807) is 25.1 Å². The fourth-order valence-corrected chi connectivity index (χ4v) is 4.77. The van der Waals surface area contributed by atoms with Crippen molar-refractivity contribution in [3.8, 4) is 5.75 Å². The van der Waals surface area contributed by atoms with Gasteiger partial charge in [-0.15, -0.1) is 0 Å². The summed E-state index contributed by atoms with van der Waals surface area (Å²) in [6, 6.07) is 10.5. The quantitative estimate of drug-likeness (QED) is 0.679. The fraction of sp³-hybridized carbons (Fsp3) is 0.333. The van der Waals surface area contributed by atoms with Gasteiger partial charge in [0, 0.05) is 18.8 Å². The number of amides is 1. The highest BCUT2D eigenvalue weighted by Gasteiger charge is 2.26. The van der Waals surface area contributed by atoms with Gasteiger partial charge in [0.2, 0.25) is 10.0 Å². The zero-order valence-corrected chi connectivity index (χ0v) is 17.4. The van der Waals surface area contributed by atoms with E-state index >= 15 is 0 Å². The number of anilines is 1. The minimum atomic E-state index is -3.62. The molecule has 0 saturated carbocycles. The molecule has 0 radical (unpaired) electrons. The molecule has 8 nitrogen and oxygen atoms in total. The minimum Gasteiger partial charge on any atom is -0.507 e. The molecule has 0 aliphatic carbocycles. The third kappa shape index (κ3) is 5.17. The molecule has 1 aliphatic rings. The van der Waals surface area contributed by atoms with Crippen LogP contribution in [0, 0.1) is 6.92 Å². The predicted molar refractivity (Wildman–Crippen MR) is 111 cm³/mol. The standard InChI is InChI=1S/C21H24N2O6S/c1-15-8-9-18(19(24)12-15)21(26)29-14-20(25)22-16-6-5-7-17(13-16)30(27,28)23-10-3-2-4-11-23/h5-9,12-13,24H,2-4,10-11,14H2,1H3,(H,22,25). The Hall–Kier alpha value is -2.91. The van der Waals surface area contributed by atoms with E-state index in [0.717, 1.165) is 24.8 Å². The maximum atomic E-state index is 12.8. The van der Waals surface area contributed by atoms with Crippen molar-refractivity contribution in [1.82, 2.24) is 4.31 Å². The number of nitrogens with zero attached hydrogens (tertiary/aromatic N) is 1. The fourth-order valence-electron chi connectivity index (χ4n) is 3.21. The average molecular weight is 432 g/mol. The summed E-state index contributed by atoms with van der Waals surface area (Å²) >= 11 is 0. The number of piperidine rings is 1. The van der Waals surface area contributed by atoms with Crippen molar-refractivity contribution in [2.24, 2.45) is 0 Å². The number of carbonyl (C=O) groups is 2. The van der Waals surface area contributed by atoms with Crippen LogP contribution in [0.3, 0.4) is 0 Å². The number of phenols is 1. The van der Waals surface area contributed by atoms with Gasteiger partial charge in [-0.1, -0.05) is 18.6 Å².